The quantitative estimate of drug-likeness (QED) is 0.281. The summed E-state index contributed by atoms with van der Waals surface area (Å²) >= 11 is 5.57. The molecule has 13 heteroatoms. The molecule has 2 aromatic carbocycles. The molecule has 1 fully saturated rings. The van der Waals surface area contributed by atoms with Crippen molar-refractivity contribution in [3.8, 4) is 11.4 Å². The predicted octanol–water partition coefficient (Wildman–Crippen LogP) is 2.28. The largest absolute Gasteiger partial charge is 0.497 e. The number of methoxy groups -OCH3 is 1. The third-order valence-corrected chi connectivity index (χ3v) is 7.76. The van der Waals surface area contributed by atoms with Gasteiger partial charge in [0.2, 0.25) is 14.8 Å². The Morgan fingerprint density at radius 3 is 2.55 bits per heavy atom. The van der Waals surface area contributed by atoms with Gasteiger partial charge in [-0.05, 0) is 30.4 Å². The zero-order valence-electron chi connectivity index (χ0n) is 17.8. The fraction of sp³-hybridized carbons (Fsp3) is 0.300. The normalized spacial score (nSPS) is 15.4. The summed E-state index contributed by atoms with van der Waals surface area (Å²) in [5.74, 6) is 0.707. The molecule has 0 bridgehead atoms. The number of hydrogen-bond donors (Lipinski definition) is 0. The third-order valence-electron chi connectivity index (χ3n) is 5.41. The van der Waals surface area contributed by atoms with E-state index in [-0.39, 0.29) is 18.0 Å². The Balaban J connectivity index is 1.45. The van der Waals surface area contributed by atoms with Gasteiger partial charge in [-0.15, -0.1) is 0 Å². The van der Waals surface area contributed by atoms with Gasteiger partial charge in [0.05, 0.1) is 24.4 Å². The molecule has 0 radical (unpaired) electrons. The highest BCUT2D eigenvalue weighted by Crippen LogP contribution is 2.27. The highest BCUT2D eigenvalue weighted by molar-refractivity contribution is 7.89. The summed E-state index contributed by atoms with van der Waals surface area (Å²) in [5, 5.41) is 15.6. The Morgan fingerprint density at radius 2 is 1.85 bits per heavy atom. The maximum absolute atomic E-state index is 13.0. The van der Waals surface area contributed by atoms with Gasteiger partial charge >= 0.3 is 0 Å². The van der Waals surface area contributed by atoms with Crippen molar-refractivity contribution in [3.63, 3.8) is 0 Å². The molecule has 1 aromatic heterocycles. The first-order valence-electron chi connectivity index (χ1n) is 10.1. The van der Waals surface area contributed by atoms with Crippen LogP contribution < -0.4 is 4.74 Å². The van der Waals surface area contributed by atoms with Crippen LogP contribution in [0.2, 0.25) is 0 Å². The first kappa shape index (κ1) is 23.0. The van der Waals surface area contributed by atoms with Crippen LogP contribution in [0.4, 0.5) is 5.69 Å². The maximum atomic E-state index is 13.0. The number of benzene rings is 2. The lowest BCUT2D eigenvalue weighted by Gasteiger charge is -2.33. The molecule has 0 amide bonds. The lowest BCUT2D eigenvalue weighted by atomic mass is 10.3. The molecule has 174 valence electrons. The number of nitro benzene ring substituents is 1. The summed E-state index contributed by atoms with van der Waals surface area (Å²) in [6, 6.07) is 12.9. The van der Waals surface area contributed by atoms with Crippen LogP contribution in [0.25, 0.3) is 5.69 Å². The lowest BCUT2D eigenvalue weighted by molar-refractivity contribution is -0.387. The molecule has 0 spiro atoms. The van der Waals surface area contributed by atoms with Crippen LogP contribution >= 0.6 is 12.2 Å². The molecule has 1 aliphatic heterocycles. The molecular formula is C20H22N6O5S2. The number of nitro groups is 1. The van der Waals surface area contributed by atoms with Gasteiger partial charge in [-0.25, -0.2) is 13.1 Å². The first-order chi connectivity index (χ1) is 15.8. The predicted molar refractivity (Wildman–Crippen MR) is 122 cm³/mol. The van der Waals surface area contributed by atoms with Crippen molar-refractivity contribution >= 4 is 27.9 Å². The van der Waals surface area contributed by atoms with Crippen molar-refractivity contribution in [2.45, 2.75) is 11.6 Å². The van der Waals surface area contributed by atoms with Crippen LogP contribution in [0, 0.1) is 14.9 Å². The van der Waals surface area contributed by atoms with Crippen LogP contribution in [-0.2, 0) is 16.7 Å². The fourth-order valence-corrected chi connectivity index (χ4v) is 5.47. The van der Waals surface area contributed by atoms with E-state index in [1.54, 1.807) is 22.7 Å². The van der Waals surface area contributed by atoms with E-state index in [9.17, 15) is 18.5 Å². The molecule has 33 heavy (non-hydrogen) atoms. The van der Waals surface area contributed by atoms with Gasteiger partial charge in [0.25, 0.3) is 5.69 Å². The van der Waals surface area contributed by atoms with Crippen molar-refractivity contribution in [1.29, 1.82) is 0 Å². The van der Waals surface area contributed by atoms with E-state index in [1.807, 2.05) is 29.2 Å². The average Bonchev–Trinajstić information content (AvgIpc) is 3.19. The highest BCUT2D eigenvalue weighted by atomic mass is 32.2. The monoisotopic (exact) mass is 490 g/mol. The van der Waals surface area contributed by atoms with Gasteiger partial charge in [-0.3, -0.25) is 19.6 Å². The smallest absolute Gasteiger partial charge is 0.289 e. The molecule has 0 atom stereocenters. The van der Waals surface area contributed by atoms with Crippen molar-refractivity contribution < 1.29 is 18.1 Å². The summed E-state index contributed by atoms with van der Waals surface area (Å²) in [6.07, 6.45) is 1.63. The minimum absolute atomic E-state index is 0.207. The summed E-state index contributed by atoms with van der Waals surface area (Å²) < 4.78 is 36.5. The summed E-state index contributed by atoms with van der Waals surface area (Å²) in [7, 11) is -2.38. The van der Waals surface area contributed by atoms with Crippen molar-refractivity contribution in [2.24, 2.45) is 0 Å². The van der Waals surface area contributed by atoms with E-state index >= 15 is 0 Å². The van der Waals surface area contributed by atoms with E-state index in [2.05, 4.69) is 5.10 Å². The summed E-state index contributed by atoms with van der Waals surface area (Å²) in [5.41, 5.74) is 0.403. The zero-order valence-corrected chi connectivity index (χ0v) is 19.4. The topological polar surface area (TPSA) is 116 Å². The second kappa shape index (κ2) is 9.39. The molecule has 4 rings (SSSR count). The van der Waals surface area contributed by atoms with Crippen LogP contribution in [-0.4, -0.2) is 70.2 Å². The molecule has 0 N–H and O–H groups in total. The van der Waals surface area contributed by atoms with Gasteiger partial charge in [-0.2, -0.15) is 9.40 Å². The number of rotatable bonds is 7. The van der Waals surface area contributed by atoms with Gasteiger partial charge in [0, 0.05) is 38.3 Å². The minimum atomic E-state index is -3.97. The Bertz CT molecular complexity index is 1330. The van der Waals surface area contributed by atoms with Crippen LogP contribution in [0.5, 0.6) is 5.75 Å². The molecule has 0 aliphatic carbocycles. The van der Waals surface area contributed by atoms with Crippen LogP contribution in [0.3, 0.4) is 0 Å². The van der Waals surface area contributed by atoms with E-state index in [0.717, 1.165) is 5.69 Å². The maximum Gasteiger partial charge on any atom is 0.289 e. The average molecular weight is 491 g/mol. The number of para-hydroxylation sites is 1. The number of aromatic nitrogens is 3. The number of nitrogens with zero attached hydrogens (tertiary/aromatic N) is 6. The molecule has 0 unspecified atom stereocenters. The van der Waals surface area contributed by atoms with Crippen molar-refractivity contribution in [3.05, 3.63) is 69.7 Å². The lowest BCUT2D eigenvalue weighted by Crippen LogP contribution is -2.49. The van der Waals surface area contributed by atoms with Crippen LogP contribution in [0.15, 0.2) is 59.8 Å². The Morgan fingerprint density at radius 1 is 1.12 bits per heavy atom. The van der Waals surface area contributed by atoms with Crippen LogP contribution in [0.1, 0.15) is 0 Å². The highest BCUT2D eigenvalue weighted by Gasteiger charge is 2.33. The van der Waals surface area contributed by atoms with Gasteiger partial charge in [0.15, 0.2) is 4.90 Å². The fourth-order valence-electron chi connectivity index (χ4n) is 3.64. The molecule has 1 saturated heterocycles. The zero-order chi connectivity index (χ0) is 23.6. The van der Waals surface area contributed by atoms with E-state index in [1.165, 1.54) is 28.6 Å². The molecule has 2 heterocycles. The van der Waals surface area contributed by atoms with Gasteiger partial charge in [0.1, 0.15) is 12.1 Å². The second-order valence-corrected chi connectivity index (χ2v) is 9.64. The number of hydrogen-bond acceptors (Lipinski definition) is 8. The standard InChI is InChI=1S/C20H22N6O5S2/c1-31-17-6-4-5-16(13-17)24-14-21-25(20(24)32)15-22-9-11-23(12-10-22)33(29,30)19-8-3-2-7-18(19)26(27)28/h2-8,13-14H,9-12,15H2,1H3. The Hall–Kier alpha value is -3.13. The molecule has 1 aliphatic rings. The molecular weight excluding hydrogens is 468 g/mol. The number of ether oxygens (including phenoxy) is 1. The number of piperazine rings is 1. The minimum Gasteiger partial charge on any atom is -0.497 e. The molecule has 0 saturated carbocycles. The number of sulfonamides is 1. The molecule has 3 aromatic rings. The van der Waals surface area contributed by atoms with E-state index in [0.29, 0.717) is 30.3 Å². The van der Waals surface area contributed by atoms with Crippen molar-refractivity contribution in [2.75, 3.05) is 33.3 Å². The summed E-state index contributed by atoms with van der Waals surface area (Å²) in [4.78, 5) is 12.3. The van der Waals surface area contributed by atoms with Gasteiger partial charge in [-0.1, -0.05) is 18.2 Å². The SMILES string of the molecule is COc1cccc(-n2cnn(CN3CCN(S(=O)(=O)c4ccccc4[N+](=O)[O-])CC3)c2=S)c1. The Kier molecular flexibility index (Phi) is 6.56. The molecule has 11 nitrogen and oxygen atoms in total. The third kappa shape index (κ3) is 4.66. The Labute approximate surface area is 195 Å². The van der Waals surface area contributed by atoms with Crippen molar-refractivity contribution in [1.82, 2.24) is 23.6 Å². The second-order valence-electron chi connectivity index (χ2n) is 7.37. The van der Waals surface area contributed by atoms with E-state index < -0.39 is 20.6 Å². The summed E-state index contributed by atoms with van der Waals surface area (Å²) in [6.45, 7) is 1.69. The van der Waals surface area contributed by atoms with Gasteiger partial charge < -0.3 is 4.74 Å². The first-order valence-corrected chi connectivity index (χ1v) is 11.9. The van der Waals surface area contributed by atoms with E-state index in [4.69, 9.17) is 17.0 Å².